The van der Waals surface area contributed by atoms with Crippen LogP contribution in [0.1, 0.15) is 48.5 Å². The van der Waals surface area contributed by atoms with Gasteiger partial charge in [-0.1, -0.05) is 39.1 Å². The lowest BCUT2D eigenvalue weighted by Gasteiger charge is -2.37. The van der Waals surface area contributed by atoms with Crippen molar-refractivity contribution in [3.05, 3.63) is 23.4 Å². The minimum absolute atomic E-state index is 0.108. The Bertz CT molecular complexity index is 330. The van der Waals surface area contributed by atoms with Gasteiger partial charge in [-0.15, -0.1) is 0 Å². The second-order valence-electron chi connectivity index (χ2n) is 6.29. The first kappa shape index (κ1) is 18.3. The molecule has 1 unspecified atom stereocenters. The summed E-state index contributed by atoms with van der Waals surface area (Å²) in [7, 11) is 1.68. The van der Waals surface area contributed by atoms with Crippen molar-refractivity contribution in [2.24, 2.45) is 11.8 Å². The third-order valence-corrected chi connectivity index (χ3v) is 4.12. The molecule has 3 heteroatoms. The molecule has 0 N–H and O–H groups in total. The lowest BCUT2D eigenvalue weighted by molar-refractivity contribution is 0.0298. The zero-order chi connectivity index (χ0) is 15.2. The molecule has 1 atom stereocenters. The average molecular weight is 266 g/mol. The van der Waals surface area contributed by atoms with Gasteiger partial charge in [0.2, 0.25) is 0 Å². The molecule has 0 heterocycles. The molecule has 0 fully saturated rings. The van der Waals surface area contributed by atoms with E-state index in [2.05, 4.69) is 54.4 Å². The highest BCUT2D eigenvalue weighted by atomic mass is 16.5. The molecule has 0 radical (unpaired) electrons. The standard InChI is InChI=1S/C16H31BO2/c1-12(2)15(5)16(6,7)19-17(8)13(3)10-11-14(4)18-9/h10-12,15H,1-9H3. The number of rotatable bonds is 7. The summed E-state index contributed by atoms with van der Waals surface area (Å²) in [4.78, 5) is 0. The summed E-state index contributed by atoms with van der Waals surface area (Å²) in [6.07, 6.45) is 4.05. The van der Waals surface area contributed by atoms with E-state index in [0.717, 1.165) is 5.76 Å². The zero-order valence-corrected chi connectivity index (χ0v) is 14.2. The second-order valence-corrected chi connectivity index (χ2v) is 6.29. The van der Waals surface area contributed by atoms with Gasteiger partial charge in [0.05, 0.1) is 12.9 Å². The van der Waals surface area contributed by atoms with Crippen molar-refractivity contribution in [3.63, 3.8) is 0 Å². The maximum atomic E-state index is 6.25. The molecular weight excluding hydrogens is 235 g/mol. The van der Waals surface area contributed by atoms with E-state index in [1.165, 1.54) is 5.47 Å². The van der Waals surface area contributed by atoms with Crippen LogP contribution < -0.4 is 0 Å². The van der Waals surface area contributed by atoms with Crippen LogP contribution in [-0.2, 0) is 9.39 Å². The van der Waals surface area contributed by atoms with E-state index in [1.54, 1.807) is 7.11 Å². The third-order valence-electron chi connectivity index (χ3n) is 4.12. The summed E-state index contributed by atoms with van der Waals surface area (Å²) in [6.45, 7) is 17.4. The molecule has 0 spiro atoms. The van der Waals surface area contributed by atoms with Crippen molar-refractivity contribution in [1.82, 2.24) is 0 Å². The van der Waals surface area contributed by atoms with Gasteiger partial charge in [0.1, 0.15) is 0 Å². The number of ether oxygens (including phenoxy) is 1. The summed E-state index contributed by atoms with van der Waals surface area (Å²) < 4.78 is 11.4. The monoisotopic (exact) mass is 266 g/mol. The second kappa shape index (κ2) is 7.79. The van der Waals surface area contributed by atoms with Gasteiger partial charge in [-0.2, -0.15) is 0 Å². The Hall–Kier alpha value is -0.695. The lowest BCUT2D eigenvalue weighted by Crippen LogP contribution is -2.40. The first-order chi connectivity index (χ1) is 8.61. The first-order valence-electron chi connectivity index (χ1n) is 7.18. The van der Waals surface area contributed by atoms with E-state index in [1.807, 2.05) is 13.0 Å². The minimum Gasteiger partial charge on any atom is -0.501 e. The first-order valence-corrected chi connectivity index (χ1v) is 7.18. The van der Waals surface area contributed by atoms with Gasteiger partial charge in [-0.3, -0.25) is 0 Å². The van der Waals surface area contributed by atoms with Crippen LogP contribution in [0, 0.1) is 11.8 Å². The van der Waals surface area contributed by atoms with Crippen molar-refractivity contribution < 1.29 is 9.39 Å². The molecule has 0 aromatic heterocycles. The maximum absolute atomic E-state index is 6.25. The Morgan fingerprint density at radius 3 is 2.05 bits per heavy atom. The fourth-order valence-corrected chi connectivity index (χ4v) is 1.91. The number of allylic oxidation sites excluding steroid dienone is 4. The molecular formula is C16H31BO2. The number of methoxy groups -OCH3 is 1. The van der Waals surface area contributed by atoms with Crippen LogP contribution in [0.5, 0.6) is 0 Å². The van der Waals surface area contributed by atoms with Crippen LogP contribution in [0.25, 0.3) is 0 Å². The Labute approximate surface area is 120 Å². The van der Waals surface area contributed by atoms with Crippen LogP contribution in [-0.4, -0.2) is 19.6 Å². The van der Waals surface area contributed by atoms with Crippen molar-refractivity contribution in [3.8, 4) is 0 Å². The topological polar surface area (TPSA) is 18.5 Å². The Morgan fingerprint density at radius 1 is 1.11 bits per heavy atom. The molecule has 0 aromatic rings. The quantitative estimate of drug-likeness (QED) is 0.377. The highest BCUT2D eigenvalue weighted by molar-refractivity contribution is 6.58. The summed E-state index contributed by atoms with van der Waals surface area (Å²) in [6, 6.07) is 0. The molecule has 0 aliphatic carbocycles. The van der Waals surface area contributed by atoms with Gasteiger partial charge >= 0.3 is 6.92 Å². The normalized spacial score (nSPS) is 15.7. The van der Waals surface area contributed by atoms with Crippen LogP contribution >= 0.6 is 0 Å². The summed E-state index contributed by atoms with van der Waals surface area (Å²) in [5.74, 6) is 2.03. The molecule has 0 aromatic carbocycles. The lowest BCUT2D eigenvalue weighted by atomic mass is 9.62. The average Bonchev–Trinajstić information content (AvgIpc) is 2.33. The smallest absolute Gasteiger partial charge is 0.319 e. The van der Waals surface area contributed by atoms with Crippen LogP contribution in [0.3, 0.4) is 0 Å². The van der Waals surface area contributed by atoms with E-state index in [0.29, 0.717) is 11.8 Å². The van der Waals surface area contributed by atoms with Gasteiger partial charge in [0.15, 0.2) is 0 Å². The van der Waals surface area contributed by atoms with Crippen LogP contribution in [0.2, 0.25) is 6.82 Å². The molecule has 0 rings (SSSR count). The molecule has 2 nitrogen and oxygen atoms in total. The molecule has 0 bridgehead atoms. The van der Waals surface area contributed by atoms with E-state index in [4.69, 9.17) is 9.39 Å². The molecule has 0 amide bonds. The maximum Gasteiger partial charge on any atom is 0.319 e. The van der Waals surface area contributed by atoms with Crippen LogP contribution in [0.15, 0.2) is 23.4 Å². The van der Waals surface area contributed by atoms with Gasteiger partial charge in [-0.05, 0) is 45.6 Å². The predicted molar refractivity (Wildman–Crippen MR) is 85.3 cm³/mol. The largest absolute Gasteiger partial charge is 0.501 e. The van der Waals surface area contributed by atoms with Gasteiger partial charge in [-0.25, -0.2) is 0 Å². The van der Waals surface area contributed by atoms with Gasteiger partial charge in [0.25, 0.3) is 0 Å². The van der Waals surface area contributed by atoms with Crippen LogP contribution in [0.4, 0.5) is 0 Å². The van der Waals surface area contributed by atoms with Gasteiger partial charge in [0, 0.05) is 5.60 Å². The van der Waals surface area contributed by atoms with Crippen molar-refractivity contribution >= 4 is 6.92 Å². The third kappa shape index (κ3) is 6.33. The highest BCUT2D eigenvalue weighted by Crippen LogP contribution is 2.29. The summed E-state index contributed by atoms with van der Waals surface area (Å²) in [5.41, 5.74) is 1.09. The fraction of sp³-hybridized carbons (Fsp3) is 0.750. The summed E-state index contributed by atoms with van der Waals surface area (Å²) >= 11 is 0. The molecule has 19 heavy (non-hydrogen) atoms. The Balaban J connectivity index is 4.72. The molecule has 0 saturated heterocycles. The number of hydrogen-bond donors (Lipinski definition) is 0. The molecule has 0 saturated carbocycles. The van der Waals surface area contributed by atoms with E-state index in [9.17, 15) is 0 Å². The Kier molecular flexibility index (Phi) is 7.50. The van der Waals surface area contributed by atoms with Crippen molar-refractivity contribution in [2.75, 3.05) is 7.11 Å². The van der Waals surface area contributed by atoms with Crippen molar-refractivity contribution in [2.45, 2.75) is 60.9 Å². The van der Waals surface area contributed by atoms with E-state index >= 15 is 0 Å². The fourth-order valence-electron chi connectivity index (χ4n) is 1.91. The molecule has 0 aliphatic heterocycles. The van der Waals surface area contributed by atoms with Crippen molar-refractivity contribution in [1.29, 1.82) is 0 Å². The van der Waals surface area contributed by atoms with Gasteiger partial charge < -0.3 is 9.39 Å². The zero-order valence-electron chi connectivity index (χ0n) is 14.2. The van der Waals surface area contributed by atoms with E-state index in [-0.39, 0.29) is 12.5 Å². The highest BCUT2D eigenvalue weighted by Gasteiger charge is 2.31. The number of hydrogen-bond acceptors (Lipinski definition) is 2. The summed E-state index contributed by atoms with van der Waals surface area (Å²) in [5, 5.41) is 0. The Morgan fingerprint density at radius 2 is 1.63 bits per heavy atom. The minimum atomic E-state index is -0.122. The predicted octanol–water partition coefficient (Wildman–Crippen LogP) is 4.73. The SMILES string of the molecule is COC(C)=CC=C(C)B(C)OC(C)(C)C(C)C(C)C. The molecule has 0 aliphatic rings. The molecule has 110 valence electrons. The van der Waals surface area contributed by atoms with E-state index < -0.39 is 0 Å².